The Kier molecular flexibility index (Phi) is 14.9. The van der Waals surface area contributed by atoms with E-state index in [-0.39, 0.29) is 19.2 Å². The zero-order chi connectivity index (χ0) is 30.4. The number of rotatable bonds is 18. The molecule has 0 saturated heterocycles. The summed E-state index contributed by atoms with van der Waals surface area (Å²) < 4.78 is 11.6. The Hall–Kier alpha value is -1.85. The largest absolute Gasteiger partial charge is 0.493 e. The minimum atomic E-state index is -0.510. The maximum atomic E-state index is 11.8. The molecule has 0 unspecified atom stereocenters. The third-order valence-electron chi connectivity index (χ3n) is 10.6. The summed E-state index contributed by atoms with van der Waals surface area (Å²) in [5.41, 5.74) is 2.47. The number of benzene rings is 1. The number of hydrogen-bond donors (Lipinski definition) is 2. The lowest BCUT2D eigenvalue weighted by atomic mass is 9.68. The van der Waals surface area contributed by atoms with Crippen molar-refractivity contribution in [3.63, 3.8) is 0 Å². The molecule has 0 aromatic heterocycles. The quantitative estimate of drug-likeness (QED) is 0.103. The topological polar surface area (TPSA) is 76.0 Å². The van der Waals surface area contributed by atoms with Crippen LogP contribution in [-0.4, -0.2) is 42.6 Å². The van der Waals surface area contributed by atoms with Crippen LogP contribution in [0.2, 0.25) is 0 Å². The Morgan fingerprint density at radius 1 is 0.929 bits per heavy atom. The van der Waals surface area contributed by atoms with Crippen molar-refractivity contribution >= 4 is 5.97 Å². The lowest BCUT2D eigenvalue weighted by Crippen LogP contribution is -2.31. The molecule has 1 aromatic rings. The molecule has 2 aliphatic rings. The predicted octanol–water partition coefficient (Wildman–Crippen LogP) is 8.55. The van der Waals surface area contributed by atoms with Gasteiger partial charge in [0, 0.05) is 11.0 Å². The van der Waals surface area contributed by atoms with Gasteiger partial charge < -0.3 is 19.7 Å². The Morgan fingerprint density at radius 2 is 1.60 bits per heavy atom. The summed E-state index contributed by atoms with van der Waals surface area (Å²) >= 11 is 0. The van der Waals surface area contributed by atoms with E-state index in [1.165, 1.54) is 82.6 Å². The fourth-order valence-corrected chi connectivity index (χ4v) is 7.28. The standard InChI is InChI=1S/C37H60O5/c1-5-7-8-10-29-12-14-30(15-13-29)31-16-18-32(19-17-31)33-20-21-35(41-24-22-37(6-2,26-38)27-39)34(25-33)11-9-23-42-36(40)28(3)4/h20-21,25,29-32,38-39H,3,5-19,22-24,26-27H2,1-2,4H3. The van der Waals surface area contributed by atoms with Gasteiger partial charge in [0.1, 0.15) is 5.75 Å². The van der Waals surface area contributed by atoms with Crippen LogP contribution in [-0.2, 0) is 16.0 Å². The van der Waals surface area contributed by atoms with Crippen molar-refractivity contribution in [3.05, 3.63) is 41.5 Å². The number of aryl methyl sites for hydroxylation is 1. The summed E-state index contributed by atoms with van der Waals surface area (Å²) in [6.45, 7) is 10.3. The highest BCUT2D eigenvalue weighted by atomic mass is 16.5. The minimum Gasteiger partial charge on any atom is -0.493 e. The average molecular weight is 585 g/mol. The Bertz CT molecular complexity index is 927. The third-order valence-corrected chi connectivity index (χ3v) is 10.6. The molecule has 2 fully saturated rings. The average Bonchev–Trinajstić information content (AvgIpc) is 3.02. The molecule has 2 aliphatic carbocycles. The van der Waals surface area contributed by atoms with Gasteiger partial charge in [-0.2, -0.15) is 0 Å². The van der Waals surface area contributed by atoms with Gasteiger partial charge in [0.05, 0.1) is 26.4 Å². The summed E-state index contributed by atoms with van der Waals surface area (Å²) in [6, 6.07) is 6.69. The third kappa shape index (κ3) is 10.4. The summed E-state index contributed by atoms with van der Waals surface area (Å²) in [5.74, 6) is 3.94. The maximum Gasteiger partial charge on any atom is 0.333 e. The van der Waals surface area contributed by atoms with E-state index in [0.717, 1.165) is 41.9 Å². The molecule has 1 aromatic carbocycles. The molecule has 0 aliphatic heterocycles. The summed E-state index contributed by atoms with van der Waals surface area (Å²) in [4.78, 5) is 11.8. The van der Waals surface area contributed by atoms with Gasteiger partial charge in [-0.15, -0.1) is 0 Å². The first-order valence-electron chi connectivity index (χ1n) is 17.1. The van der Waals surface area contributed by atoms with Crippen LogP contribution in [0.25, 0.3) is 0 Å². The van der Waals surface area contributed by atoms with Gasteiger partial charge in [0.2, 0.25) is 0 Å². The second-order valence-electron chi connectivity index (χ2n) is 13.5. The van der Waals surface area contributed by atoms with Crippen molar-refractivity contribution in [1.82, 2.24) is 0 Å². The van der Waals surface area contributed by atoms with Gasteiger partial charge in [-0.05, 0) is 112 Å². The second-order valence-corrected chi connectivity index (χ2v) is 13.5. The minimum absolute atomic E-state index is 0.0493. The molecule has 0 heterocycles. The smallest absolute Gasteiger partial charge is 0.333 e. The number of ether oxygens (including phenoxy) is 2. The Morgan fingerprint density at radius 3 is 2.19 bits per heavy atom. The van der Waals surface area contributed by atoms with Crippen molar-refractivity contribution in [1.29, 1.82) is 0 Å². The van der Waals surface area contributed by atoms with E-state index < -0.39 is 5.41 Å². The number of aliphatic hydroxyl groups excluding tert-OH is 2. The fourth-order valence-electron chi connectivity index (χ4n) is 7.28. The summed E-state index contributed by atoms with van der Waals surface area (Å²) in [6.07, 6.45) is 19.4. The number of carbonyl (C=O) groups excluding carboxylic acids is 1. The molecular weight excluding hydrogens is 524 g/mol. The van der Waals surface area contributed by atoms with E-state index >= 15 is 0 Å². The molecule has 0 amide bonds. The van der Waals surface area contributed by atoms with Crippen molar-refractivity contribution in [2.45, 2.75) is 129 Å². The molecule has 0 spiro atoms. The molecule has 2 saturated carbocycles. The predicted molar refractivity (Wildman–Crippen MR) is 172 cm³/mol. The SMILES string of the molecule is C=C(C)C(=O)OCCCc1cc(C2CCC(C3CCC(CCCCC)CC3)CC2)ccc1OCCC(CC)(CO)CO. The molecular formula is C37H60O5. The van der Waals surface area contributed by atoms with E-state index in [1.807, 2.05) is 6.92 Å². The lowest BCUT2D eigenvalue weighted by molar-refractivity contribution is -0.139. The molecule has 5 nitrogen and oxygen atoms in total. The van der Waals surface area contributed by atoms with Crippen LogP contribution >= 0.6 is 0 Å². The van der Waals surface area contributed by atoms with E-state index in [9.17, 15) is 15.0 Å². The van der Waals surface area contributed by atoms with E-state index in [4.69, 9.17) is 9.47 Å². The van der Waals surface area contributed by atoms with Crippen LogP contribution in [0, 0.1) is 23.2 Å². The zero-order valence-electron chi connectivity index (χ0n) is 27.0. The molecule has 5 heteroatoms. The van der Waals surface area contributed by atoms with Crippen molar-refractivity contribution in [3.8, 4) is 5.75 Å². The van der Waals surface area contributed by atoms with Gasteiger partial charge in [-0.25, -0.2) is 4.79 Å². The molecule has 0 radical (unpaired) electrons. The molecule has 2 N–H and O–H groups in total. The van der Waals surface area contributed by atoms with Gasteiger partial charge in [0.25, 0.3) is 0 Å². The summed E-state index contributed by atoms with van der Waals surface area (Å²) in [5, 5.41) is 19.7. The number of unbranched alkanes of at least 4 members (excludes halogenated alkanes) is 2. The molecule has 0 atom stereocenters. The number of esters is 1. The first kappa shape index (κ1) is 34.6. The zero-order valence-corrected chi connectivity index (χ0v) is 27.0. The molecule has 3 rings (SSSR count). The van der Waals surface area contributed by atoms with Crippen LogP contribution < -0.4 is 4.74 Å². The van der Waals surface area contributed by atoms with Crippen LogP contribution in [0.3, 0.4) is 0 Å². The number of carbonyl (C=O) groups is 1. The summed E-state index contributed by atoms with van der Waals surface area (Å²) in [7, 11) is 0. The van der Waals surface area contributed by atoms with Crippen molar-refractivity contribution < 1.29 is 24.5 Å². The highest BCUT2D eigenvalue weighted by Gasteiger charge is 2.31. The Labute approximate surface area is 256 Å². The molecule has 238 valence electrons. The van der Waals surface area contributed by atoms with Crippen LogP contribution in [0.15, 0.2) is 30.4 Å². The first-order chi connectivity index (χ1) is 20.3. The Balaban J connectivity index is 1.57. The number of aliphatic hydroxyl groups is 2. The highest BCUT2D eigenvalue weighted by molar-refractivity contribution is 5.86. The first-order valence-corrected chi connectivity index (χ1v) is 17.1. The van der Waals surface area contributed by atoms with Gasteiger partial charge in [0.15, 0.2) is 0 Å². The normalized spacial score (nSPS) is 23.0. The van der Waals surface area contributed by atoms with Crippen molar-refractivity contribution in [2.24, 2.45) is 23.2 Å². The van der Waals surface area contributed by atoms with Crippen LogP contribution in [0.4, 0.5) is 0 Å². The molecule has 0 bridgehead atoms. The van der Waals surface area contributed by atoms with E-state index in [2.05, 4.69) is 31.7 Å². The van der Waals surface area contributed by atoms with Gasteiger partial charge in [-0.1, -0.05) is 71.1 Å². The van der Waals surface area contributed by atoms with Crippen molar-refractivity contribution in [2.75, 3.05) is 26.4 Å². The van der Waals surface area contributed by atoms with Crippen LogP contribution in [0.1, 0.15) is 134 Å². The second kappa shape index (κ2) is 18.1. The maximum absolute atomic E-state index is 11.8. The highest BCUT2D eigenvalue weighted by Crippen LogP contribution is 2.45. The lowest BCUT2D eigenvalue weighted by Gasteiger charge is -2.38. The van der Waals surface area contributed by atoms with Crippen LogP contribution in [0.5, 0.6) is 5.75 Å². The van der Waals surface area contributed by atoms with E-state index in [0.29, 0.717) is 37.5 Å². The van der Waals surface area contributed by atoms with E-state index in [1.54, 1.807) is 6.92 Å². The molecule has 42 heavy (non-hydrogen) atoms. The van der Waals surface area contributed by atoms with Gasteiger partial charge in [-0.3, -0.25) is 0 Å². The number of hydrogen-bond acceptors (Lipinski definition) is 5. The van der Waals surface area contributed by atoms with Gasteiger partial charge >= 0.3 is 5.97 Å². The fraction of sp³-hybridized carbons (Fsp3) is 0.757. The monoisotopic (exact) mass is 584 g/mol.